The van der Waals surface area contributed by atoms with E-state index in [1.807, 2.05) is 0 Å². The van der Waals surface area contributed by atoms with Gasteiger partial charge in [-0.2, -0.15) is 0 Å². The standard InChI is InChI=1S/C16H14P.C16H13.Zr/c1-12-6-2-5-9-15(12)17-16-11-10-13-7-3-4-8-14(13)16;1-12-10-14-8-5-9-15(16(14)11-12)13-6-3-2-4-7-13;/h2-11,17H,1H3;2-11H,1H3;. The zero-order valence-corrected chi connectivity index (χ0v) is 23.0. The molecule has 0 nitrogen and oxygen atoms in total. The van der Waals surface area contributed by atoms with Gasteiger partial charge >= 0.3 is 217 Å². The van der Waals surface area contributed by atoms with Gasteiger partial charge < -0.3 is 0 Å². The van der Waals surface area contributed by atoms with Gasteiger partial charge in [0.1, 0.15) is 0 Å². The Labute approximate surface area is 216 Å². The molecule has 0 bridgehead atoms. The molecule has 0 aliphatic heterocycles. The van der Waals surface area contributed by atoms with Gasteiger partial charge in [-0.1, -0.05) is 0 Å². The first kappa shape index (κ1) is 22.2. The van der Waals surface area contributed by atoms with E-state index in [2.05, 4.69) is 129 Å². The molecule has 3 unspecified atom stereocenters. The van der Waals surface area contributed by atoms with Gasteiger partial charge in [-0.25, -0.2) is 0 Å². The predicted octanol–water partition coefficient (Wildman–Crippen LogP) is 8.09. The molecule has 0 amide bonds. The van der Waals surface area contributed by atoms with Crippen LogP contribution in [-0.4, -0.2) is 0 Å². The molecule has 2 aliphatic rings. The quantitative estimate of drug-likeness (QED) is 0.228. The summed E-state index contributed by atoms with van der Waals surface area (Å²) in [5.74, 6) is 0. The van der Waals surface area contributed by atoms with Crippen LogP contribution in [0, 0.1) is 6.92 Å². The van der Waals surface area contributed by atoms with E-state index in [1.165, 1.54) is 33.1 Å². The average Bonchev–Trinajstić information content (AvgIpc) is 3.39. The van der Waals surface area contributed by atoms with Crippen molar-refractivity contribution in [1.82, 2.24) is 0 Å². The van der Waals surface area contributed by atoms with Crippen LogP contribution in [-0.2, 0) is 26.1 Å². The van der Waals surface area contributed by atoms with Crippen LogP contribution in [0.4, 0.5) is 0 Å². The maximum absolute atomic E-state index is 2.58. The minimum absolute atomic E-state index is 0.191. The zero-order valence-electron chi connectivity index (χ0n) is 19.5. The number of hydrogen-bond acceptors (Lipinski definition) is 0. The van der Waals surface area contributed by atoms with Crippen molar-refractivity contribution in [2.24, 2.45) is 0 Å². The van der Waals surface area contributed by atoms with Gasteiger partial charge in [-0.3, -0.25) is 0 Å². The van der Waals surface area contributed by atoms with Crippen LogP contribution in [0.5, 0.6) is 0 Å². The van der Waals surface area contributed by atoms with Crippen molar-refractivity contribution >= 4 is 26.0 Å². The fourth-order valence-corrected chi connectivity index (χ4v) is 13.5. The van der Waals surface area contributed by atoms with Gasteiger partial charge in [-0.05, 0) is 0 Å². The fourth-order valence-electron chi connectivity index (χ4n) is 5.34. The Bertz CT molecular complexity index is 1430. The molecule has 3 atom stereocenters. The van der Waals surface area contributed by atoms with Crippen molar-refractivity contribution in [1.29, 1.82) is 0 Å². The summed E-state index contributed by atoms with van der Waals surface area (Å²) in [6.07, 6.45) is 7.47. The van der Waals surface area contributed by atoms with Crippen LogP contribution in [0.25, 0.3) is 23.3 Å². The Morgan fingerprint density at radius 3 is 2.38 bits per heavy atom. The van der Waals surface area contributed by atoms with E-state index in [0.717, 1.165) is 8.58 Å². The number of allylic oxidation sites excluding steroid dienone is 2. The number of hydrogen-bond donors (Lipinski definition) is 0. The number of aryl methyl sites for hydroxylation is 1. The van der Waals surface area contributed by atoms with E-state index in [-0.39, 0.29) is 2.86 Å². The Morgan fingerprint density at radius 1 is 0.765 bits per heavy atom. The van der Waals surface area contributed by atoms with Crippen molar-refractivity contribution in [2.45, 2.75) is 20.3 Å². The summed E-state index contributed by atoms with van der Waals surface area (Å²) in [4.78, 5) is 0. The average molecular weight is 534 g/mol. The SMILES string of the molecule is CC1=Cc2c(-c3ccccc3)cccc2[CH]1[Zr][C]1(Pc2ccccc2C)C=Cc2ccccc21. The molecule has 0 saturated carbocycles. The molecule has 4 aromatic carbocycles. The first-order chi connectivity index (χ1) is 16.6. The molecule has 0 N–H and O–H groups in total. The van der Waals surface area contributed by atoms with Crippen LogP contribution < -0.4 is 5.30 Å². The molecule has 0 heterocycles. The molecule has 164 valence electrons. The van der Waals surface area contributed by atoms with E-state index in [1.54, 1.807) is 16.7 Å². The summed E-state index contributed by atoms with van der Waals surface area (Å²) in [6.45, 7) is 4.64. The van der Waals surface area contributed by atoms with Gasteiger partial charge in [0.05, 0.1) is 0 Å². The van der Waals surface area contributed by atoms with Crippen molar-refractivity contribution in [3.63, 3.8) is 0 Å². The Morgan fingerprint density at radius 2 is 1.53 bits per heavy atom. The third-order valence-electron chi connectivity index (χ3n) is 7.11. The van der Waals surface area contributed by atoms with E-state index in [4.69, 9.17) is 0 Å². The number of fused-ring (bicyclic) bond motifs is 2. The molecule has 6 rings (SSSR count). The summed E-state index contributed by atoms with van der Waals surface area (Å²) < 4.78 is 0.783. The third kappa shape index (κ3) is 3.84. The van der Waals surface area contributed by atoms with Crippen LogP contribution in [0.2, 0.25) is 0 Å². The zero-order chi connectivity index (χ0) is 23.1. The van der Waals surface area contributed by atoms with Gasteiger partial charge in [0.25, 0.3) is 0 Å². The summed E-state index contributed by atoms with van der Waals surface area (Å²) in [5, 5.41) is 1.52. The summed E-state index contributed by atoms with van der Waals surface area (Å²) in [7, 11) is 0.779. The van der Waals surface area contributed by atoms with Crippen molar-refractivity contribution < 1.29 is 23.2 Å². The van der Waals surface area contributed by atoms with Crippen LogP contribution in [0.15, 0.2) is 109 Å². The molecule has 2 heteroatoms. The van der Waals surface area contributed by atoms with Crippen molar-refractivity contribution in [2.75, 3.05) is 0 Å². The van der Waals surface area contributed by atoms with Gasteiger partial charge in [0.2, 0.25) is 0 Å². The van der Waals surface area contributed by atoms with E-state index >= 15 is 0 Å². The summed E-state index contributed by atoms with van der Waals surface area (Å²) in [5.41, 5.74) is 11.6. The second kappa shape index (κ2) is 9.04. The molecule has 2 aliphatic carbocycles. The number of benzene rings is 4. The van der Waals surface area contributed by atoms with Crippen LogP contribution in [0.3, 0.4) is 0 Å². The molecule has 0 spiro atoms. The first-order valence-electron chi connectivity index (χ1n) is 11.9. The monoisotopic (exact) mass is 532 g/mol. The maximum atomic E-state index is 2.58. The van der Waals surface area contributed by atoms with Crippen LogP contribution in [0.1, 0.15) is 38.4 Å². The molecular formula is C32H27PZr. The summed E-state index contributed by atoms with van der Waals surface area (Å²) in [6, 6.07) is 36.0. The predicted molar refractivity (Wildman–Crippen MR) is 145 cm³/mol. The normalized spacial score (nSPS) is 20.4. The molecule has 4 aromatic rings. The Hall–Kier alpha value is -2.33. The second-order valence-electron chi connectivity index (χ2n) is 9.31. The molecular weight excluding hydrogens is 507 g/mol. The van der Waals surface area contributed by atoms with Crippen LogP contribution >= 0.6 is 8.58 Å². The molecule has 0 saturated heterocycles. The van der Waals surface area contributed by atoms with Gasteiger partial charge in [-0.15, -0.1) is 0 Å². The van der Waals surface area contributed by atoms with Crippen molar-refractivity contribution in [3.05, 3.63) is 137 Å². The third-order valence-corrected chi connectivity index (χ3v) is 15.3. The molecule has 0 fully saturated rings. The van der Waals surface area contributed by atoms with E-state index in [0.29, 0.717) is 3.63 Å². The minimum atomic E-state index is -0.988. The van der Waals surface area contributed by atoms with Gasteiger partial charge in [0.15, 0.2) is 0 Å². The second-order valence-corrected chi connectivity index (χ2v) is 16.2. The molecule has 34 heavy (non-hydrogen) atoms. The summed E-state index contributed by atoms with van der Waals surface area (Å²) >= 11 is -0.988. The molecule has 0 aromatic heterocycles. The fraction of sp³-hybridized carbons (Fsp3) is 0.125. The topological polar surface area (TPSA) is 0 Å². The molecule has 0 radical (unpaired) electrons. The van der Waals surface area contributed by atoms with Crippen molar-refractivity contribution in [3.8, 4) is 11.1 Å². The van der Waals surface area contributed by atoms with E-state index < -0.39 is 23.2 Å². The number of rotatable bonds is 5. The Kier molecular flexibility index (Phi) is 5.89. The Balaban J connectivity index is 1.44. The van der Waals surface area contributed by atoms with Gasteiger partial charge in [0, 0.05) is 0 Å². The first-order valence-corrected chi connectivity index (χ1v) is 15.6. The van der Waals surface area contributed by atoms with E-state index in [9.17, 15) is 0 Å².